The summed E-state index contributed by atoms with van der Waals surface area (Å²) in [6.45, 7) is 6.69. The van der Waals surface area contributed by atoms with E-state index in [2.05, 4.69) is 44.3 Å². The molecule has 1 fully saturated rings. The fourth-order valence-corrected chi connectivity index (χ4v) is 4.19. The maximum Gasteiger partial charge on any atom is 0.0406 e. The lowest BCUT2D eigenvalue weighted by atomic mass is 10.00. The first kappa shape index (κ1) is 15.1. The number of halogens is 1. The van der Waals surface area contributed by atoms with Gasteiger partial charge in [-0.2, -0.15) is 0 Å². The molecule has 1 nitrogen and oxygen atoms in total. The molecule has 21 heavy (non-hydrogen) atoms. The van der Waals surface area contributed by atoms with Gasteiger partial charge in [0.2, 0.25) is 0 Å². The van der Waals surface area contributed by atoms with Crippen LogP contribution in [0.5, 0.6) is 0 Å². The average Bonchev–Trinajstić information content (AvgIpc) is 3.22. The van der Waals surface area contributed by atoms with E-state index >= 15 is 0 Å². The van der Waals surface area contributed by atoms with Gasteiger partial charge in [-0.1, -0.05) is 23.7 Å². The number of benzene rings is 1. The molecular formula is C18H22ClNS. The number of aryl methyl sites for hydroxylation is 2. The van der Waals surface area contributed by atoms with E-state index in [9.17, 15) is 0 Å². The number of hydrogen-bond donors (Lipinski definition) is 1. The van der Waals surface area contributed by atoms with Gasteiger partial charge in [0.15, 0.2) is 0 Å². The molecule has 0 aliphatic heterocycles. The summed E-state index contributed by atoms with van der Waals surface area (Å²) in [5, 5.41) is 4.66. The Morgan fingerprint density at radius 1 is 1.19 bits per heavy atom. The third kappa shape index (κ3) is 3.50. The van der Waals surface area contributed by atoms with Crippen molar-refractivity contribution in [1.29, 1.82) is 0 Å². The molecule has 1 aliphatic rings. The highest BCUT2D eigenvalue weighted by Gasteiger charge is 2.33. The Labute approximate surface area is 136 Å². The largest absolute Gasteiger partial charge is 0.303 e. The quantitative estimate of drug-likeness (QED) is 0.732. The van der Waals surface area contributed by atoms with Gasteiger partial charge in [0.1, 0.15) is 0 Å². The Morgan fingerprint density at radius 2 is 1.86 bits per heavy atom. The molecule has 0 saturated heterocycles. The first-order chi connectivity index (χ1) is 10.0. The van der Waals surface area contributed by atoms with Crippen LogP contribution in [0, 0.1) is 19.8 Å². The molecule has 1 N–H and O–H groups in total. The summed E-state index contributed by atoms with van der Waals surface area (Å²) in [7, 11) is 0. The van der Waals surface area contributed by atoms with E-state index in [4.69, 9.17) is 11.6 Å². The third-order valence-corrected chi connectivity index (χ3v) is 5.53. The minimum Gasteiger partial charge on any atom is -0.303 e. The molecule has 1 aromatic heterocycles. The van der Waals surface area contributed by atoms with Crippen LogP contribution in [0.3, 0.4) is 0 Å². The van der Waals surface area contributed by atoms with E-state index in [1.807, 2.05) is 23.5 Å². The van der Waals surface area contributed by atoms with Crippen molar-refractivity contribution in [1.82, 2.24) is 5.32 Å². The van der Waals surface area contributed by atoms with Crippen molar-refractivity contribution in [3.8, 4) is 0 Å². The molecule has 1 saturated carbocycles. The first-order valence-corrected chi connectivity index (χ1v) is 8.82. The number of rotatable bonds is 5. The van der Waals surface area contributed by atoms with Crippen LogP contribution in [0.25, 0.3) is 0 Å². The lowest BCUT2D eigenvalue weighted by molar-refractivity contribution is 0.427. The second kappa shape index (κ2) is 6.12. The Bertz CT molecular complexity index is 613. The summed E-state index contributed by atoms with van der Waals surface area (Å²) >= 11 is 7.91. The van der Waals surface area contributed by atoms with Crippen molar-refractivity contribution >= 4 is 22.9 Å². The van der Waals surface area contributed by atoms with Crippen LogP contribution in [0.15, 0.2) is 30.3 Å². The van der Waals surface area contributed by atoms with E-state index in [1.165, 1.54) is 33.7 Å². The van der Waals surface area contributed by atoms with E-state index in [1.54, 1.807) is 0 Å². The SMILES string of the molecule is Cc1cc(C(C)NC(c2ccc(Cl)cc2)C2CC2)c(C)s1. The van der Waals surface area contributed by atoms with Gasteiger partial charge in [0.05, 0.1) is 0 Å². The van der Waals surface area contributed by atoms with E-state index in [0.717, 1.165) is 10.9 Å². The zero-order valence-corrected chi connectivity index (χ0v) is 14.4. The van der Waals surface area contributed by atoms with E-state index in [0.29, 0.717) is 12.1 Å². The summed E-state index contributed by atoms with van der Waals surface area (Å²) in [6.07, 6.45) is 2.66. The molecule has 3 rings (SSSR count). The predicted octanol–water partition coefficient (Wildman–Crippen LogP) is 5.82. The van der Waals surface area contributed by atoms with Crippen molar-refractivity contribution in [2.45, 2.75) is 45.7 Å². The van der Waals surface area contributed by atoms with Gasteiger partial charge < -0.3 is 5.32 Å². The molecule has 0 radical (unpaired) electrons. The van der Waals surface area contributed by atoms with Crippen molar-refractivity contribution in [2.75, 3.05) is 0 Å². The summed E-state index contributed by atoms with van der Waals surface area (Å²) in [5.74, 6) is 0.772. The fraction of sp³-hybridized carbons (Fsp3) is 0.444. The third-order valence-electron chi connectivity index (χ3n) is 4.30. The van der Waals surface area contributed by atoms with Crippen LogP contribution in [0.2, 0.25) is 5.02 Å². The summed E-state index contributed by atoms with van der Waals surface area (Å²) in [5.41, 5.74) is 2.80. The van der Waals surface area contributed by atoms with Gasteiger partial charge in [0.25, 0.3) is 0 Å². The van der Waals surface area contributed by atoms with Crippen LogP contribution in [0.1, 0.15) is 52.7 Å². The molecule has 112 valence electrons. The fourth-order valence-electron chi connectivity index (χ4n) is 3.04. The molecule has 3 heteroatoms. The zero-order chi connectivity index (χ0) is 15.0. The molecule has 0 bridgehead atoms. The normalized spacial score (nSPS) is 17.7. The van der Waals surface area contributed by atoms with Gasteiger partial charge >= 0.3 is 0 Å². The lowest BCUT2D eigenvalue weighted by Gasteiger charge is -2.24. The zero-order valence-electron chi connectivity index (χ0n) is 12.8. The minimum atomic E-state index is 0.385. The van der Waals surface area contributed by atoms with E-state index < -0.39 is 0 Å². The van der Waals surface area contributed by atoms with Crippen LogP contribution < -0.4 is 5.32 Å². The number of hydrogen-bond acceptors (Lipinski definition) is 2. The monoisotopic (exact) mass is 319 g/mol. The molecule has 1 aliphatic carbocycles. The van der Waals surface area contributed by atoms with Crippen molar-refractivity contribution in [3.63, 3.8) is 0 Å². The highest BCUT2D eigenvalue weighted by Crippen LogP contribution is 2.42. The Balaban J connectivity index is 1.79. The average molecular weight is 320 g/mol. The molecule has 2 unspecified atom stereocenters. The second-order valence-corrected chi connectivity index (χ2v) is 8.02. The molecule has 0 spiro atoms. The minimum absolute atomic E-state index is 0.385. The summed E-state index contributed by atoms with van der Waals surface area (Å²) < 4.78 is 0. The maximum atomic E-state index is 6.02. The number of nitrogens with one attached hydrogen (secondary N) is 1. The Kier molecular flexibility index (Phi) is 4.39. The predicted molar refractivity (Wildman–Crippen MR) is 92.3 cm³/mol. The first-order valence-electron chi connectivity index (χ1n) is 7.63. The van der Waals surface area contributed by atoms with E-state index in [-0.39, 0.29) is 0 Å². The van der Waals surface area contributed by atoms with Crippen LogP contribution in [-0.4, -0.2) is 0 Å². The summed E-state index contributed by atoms with van der Waals surface area (Å²) in [4.78, 5) is 2.82. The molecule has 0 amide bonds. The highest BCUT2D eigenvalue weighted by atomic mass is 35.5. The van der Waals surface area contributed by atoms with Crippen LogP contribution in [-0.2, 0) is 0 Å². The molecular weight excluding hydrogens is 298 g/mol. The van der Waals surface area contributed by atoms with Gasteiger partial charge in [-0.3, -0.25) is 0 Å². The smallest absolute Gasteiger partial charge is 0.0406 e. The van der Waals surface area contributed by atoms with Gasteiger partial charge in [-0.15, -0.1) is 11.3 Å². The topological polar surface area (TPSA) is 12.0 Å². The maximum absolute atomic E-state index is 6.02. The van der Waals surface area contributed by atoms with Crippen LogP contribution >= 0.6 is 22.9 Å². The van der Waals surface area contributed by atoms with Crippen molar-refractivity contribution < 1.29 is 0 Å². The van der Waals surface area contributed by atoms with Crippen LogP contribution in [0.4, 0.5) is 0 Å². The standard InChI is InChI=1S/C18H22ClNS/c1-11-10-17(13(3)21-11)12(2)20-18(14-4-5-14)15-6-8-16(19)9-7-15/h6-10,12,14,18,20H,4-5H2,1-3H3. The molecule has 1 heterocycles. The Hall–Kier alpha value is -0.830. The second-order valence-electron chi connectivity index (χ2n) is 6.12. The van der Waals surface area contributed by atoms with Crippen molar-refractivity contribution in [2.24, 2.45) is 5.92 Å². The highest BCUT2D eigenvalue weighted by molar-refractivity contribution is 7.12. The Morgan fingerprint density at radius 3 is 2.38 bits per heavy atom. The number of thiophene rings is 1. The molecule has 2 aromatic rings. The van der Waals surface area contributed by atoms with Gasteiger partial charge in [-0.25, -0.2) is 0 Å². The molecule has 2 atom stereocenters. The lowest BCUT2D eigenvalue weighted by Crippen LogP contribution is -2.26. The van der Waals surface area contributed by atoms with Crippen molar-refractivity contribution in [3.05, 3.63) is 56.2 Å². The van der Waals surface area contributed by atoms with Gasteiger partial charge in [0, 0.05) is 26.9 Å². The van der Waals surface area contributed by atoms with Gasteiger partial charge in [-0.05, 0) is 68.9 Å². The molecule has 1 aromatic carbocycles. The summed E-state index contributed by atoms with van der Waals surface area (Å²) in [6, 6.07) is 11.5.